The zero-order valence-corrected chi connectivity index (χ0v) is 10.9. The lowest BCUT2D eigenvalue weighted by molar-refractivity contribution is 0.556. The predicted molar refractivity (Wildman–Crippen MR) is 60.9 cm³/mol. The van der Waals surface area contributed by atoms with Crippen LogP contribution in [0.2, 0.25) is 0 Å². The van der Waals surface area contributed by atoms with E-state index in [2.05, 4.69) is 30.3 Å². The first-order chi connectivity index (χ1) is 8.40. The Kier molecular flexibility index (Phi) is 3.13. The minimum atomic E-state index is -3.69. The summed E-state index contributed by atoms with van der Waals surface area (Å²) in [5.74, 6) is 0.883. The maximum Gasteiger partial charge on any atom is 0.260 e. The molecule has 18 heavy (non-hydrogen) atoms. The molecule has 2 rings (SSSR count). The second-order valence-corrected chi connectivity index (χ2v) is 5.51. The maximum atomic E-state index is 12.0. The van der Waals surface area contributed by atoms with Crippen molar-refractivity contribution >= 4 is 10.0 Å². The van der Waals surface area contributed by atoms with Crippen LogP contribution in [-0.4, -0.2) is 38.6 Å². The number of hydrogen-bond acceptors (Lipinski definition) is 6. The number of sulfonamides is 1. The Morgan fingerprint density at radius 2 is 2.22 bits per heavy atom. The molecular formula is C8H13N7O2S. The lowest BCUT2D eigenvalue weighted by atomic mass is 10.4. The first-order valence-corrected chi connectivity index (χ1v) is 6.64. The van der Waals surface area contributed by atoms with Crippen molar-refractivity contribution in [3.8, 4) is 0 Å². The Bertz CT molecular complexity index is 611. The third-order valence-corrected chi connectivity index (χ3v) is 3.85. The van der Waals surface area contributed by atoms with Gasteiger partial charge in [0.05, 0.1) is 6.04 Å². The molecule has 0 aromatic carbocycles. The lowest BCUT2D eigenvalue weighted by Crippen LogP contribution is -2.28. The highest BCUT2D eigenvalue weighted by atomic mass is 32.2. The summed E-state index contributed by atoms with van der Waals surface area (Å²) in [7, 11) is -1.96. The molecule has 0 fully saturated rings. The summed E-state index contributed by atoms with van der Waals surface area (Å²) in [5.41, 5.74) is 0. The summed E-state index contributed by atoms with van der Waals surface area (Å²) in [6, 6.07) is -0.587. The Morgan fingerprint density at radius 3 is 2.72 bits per heavy atom. The van der Waals surface area contributed by atoms with Crippen LogP contribution in [0.5, 0.6) is 0 Å². The fraction of sp³-hybridized carbons (Fsp3) is 0.500. The van der Waals surface area contributed by atoms with Crippen LogP contribution in [0.15, 0.2) is 11.2 Å². The minimum absolute atomic E-state index is 0.0298. The van der Waals surface area contributed by atoms with Gasteiger partial charge in [0, 0.05) is 13.2 Å². The van der Waals surface area contributed by atoms with E-state index < -0.39 is 16.1 Å². The Balaban J connectivity index is 2.22. The summed E-state index contributed by atoms with van der Waals surface area (Å²) in [5, 5.41) is 13.0. The van der Waals surface area contributed by atoms with Crippen molar-refractivity contribution in [2.24, 2.45) is 7.05 Å². The third kappa shape index (κ3) is 2.38. The van der Waals surface area contributed by atoms with E-state index in [9.17, 15) is 8.42 Å². The molecule has 2 aromatic heterocycles. The van der Waals surface area contributed by atoms with Crippen molar-refractivity contribution in [3.05, 3.63) is 17.8 Å². The Hall–Kier alpha value is -1.81. The zero-order valence-electron chi connectivity index (χ0n) is 10.1. The van der Waals surface area contributed by atoms with Crippen molar-refractivity contribution < 1.29 is 8.42 Å². The topological polar surface area (TPSA) is 118 Å². The van der Waals surface area contributed by atoms with Crippen molar-refractivity contribution in [2.45, 2.75) is 24.9 Å². The summed E-state index contributed by atoms with van der Waals surface area (Å²) in [6.45, 7) is 3.35. The number of tetrazole rings is 1. The summed E-state index contributed by atoms with van der Waals surface area (Å²) >= 11 is 0. The van der Waals surface area contributed by atoms with E-state index in [4.69, 9.17) is 0 Å². The Morgan fingerprint density at radius 1 is 1.50 bits per heavy atom. The summed E-state index contributed by atoms with van der Waals surface area (Å²) in [4.78, 5) is 3.96. The molecule has 2 N–H and O–H groups in total. The average molecular weight is 271 g/mol. The number of aromatic amines is 1. The van der Waals surface area contributed by atoms with Crippen LogP contribution >= 0.6 is 0 Å². The molecule has 2 heterocycles. The quantitative estimate of drug-likeness (QED) is 0.757. The highest BCUT2D eigenvalue weighted by Crippen LogP contribution is 2.12. The van der Waals surface area contributed by atoms with E-state index in [0.717, 1.165) is 0 Å². The number of nitrogens with one attached hydrogen (secondary N) is 2. The van der Waals surface area contributed by atoms with Crippen LogP contribution < -0.4 is 4.72 Å². The molecule has 10 heteroatoms. The van der Waals surface area contributed by atoms with Crippen LogP contribution in [0, 0.1) is 6.92 Å². The molecule has 98 valence electrons. The average Bonchev–Trinajstić information content (AvgIpc) is 2.89. The molecule has 9 nitrogen and oxygen atoms in total. The minimum Gasteiger partial charge on any atom is -0.337 e. The maximum absolute atomic E-state index is 12.0. The molecule has 0 saturated carbocycles. The normalized spacial score (nSPS) is 13.7. The number of aromatic nitrogens is 6. The number of aryl methyl sites for hydroxylation is 2. The first-order valence-electron chi connectivity index (χ1n) is 5.16. The van der Waals surface area contributed by atoms with Gasteiger partial charge in [0.2, 0.25) is 0 Å². The van der Waals surface area contributed by atoms with Gasteiger partial charge >= 0.3 is 0 Å². The second-order valence-electron chi connectivity index (χ2n) is 3.85. The van der Waals surface area contributed by atoms with Gasteiger partial charge in [-0.15, -0.1) is 10.2 Å². The van der Waals surface area contributed by atoms with Gasteiger partial charge in [-0.05, 0) is 13.8 Å². The van der Waals surface area contributed by atoms with Crippen LogP contribution in [0.4, 0.5) is 0 Å². The van der Waals surface area contributed by atoms with Gasteiger partial charge in [0.15, 0.2) is 10.9 Å². The highest BCUT2D eigenvalue weighted by molar-refractivity contribution is 7.89. The van der Waals surface area contributed by atoms with Crippen LogP contribution in [-0.2, 0) is 17.1 Å². The molecule has 0 saturated heterocycles. The Labute approximate surface area is 104 Å². The molecule has 0 radical (unpaired) electrons. The van der Waals surface area contributed by atoms with Crippen molar-refractivity contribution in [3.63, 3.8) is 0 Å². The van der Waals surface area contributed by atoms with Crippen LogP contribution in [0.25, 0.3) is 0 Å². The number of hydrogen-bond donors (Lipinski definition) is 2. The largest absolute Gasteiger partial charge is 0.337 e. The van der Waals surface area contributed by atoms with Gasteiger partial charge in [-0.3, -0.25) is 0 Å². The van der Waals surface area contributed by atoms with Gasteiger partial charge in [0.1, 0.15) is 5.82 Å². The van der Waals surface area contributed by atoms with Gasteiger partial charge in [0.25, 0.3) is 10.0 Å². The SMILES string of the molecule is Cc1nc(S(=O)(=O)NC(C)c2nn[nH]n2)cn1C. The second kappa shape index (κ2) is 4.46. The summed E-state index contributed by atoms with van der Waals surface area (Å²) in [6.07, 6.45) is 1.45. The van der Waals surface area contributed by atoms with E-state index in [1.54, 1.807) is 25.5 Å². The summed E-state index contributed by atoms with van der Waals surface area (Å²) < 4.78 is 28.1. The van der Waals surface area contributed by atoms with Crippen LogP contribution in [0.1, 0.15) is 24.6 Å². The van der Waals surface area contributed by atoms with E-state index in [-0.39, 0.29) is 10.9 Å². The number of rotatable bonds is 4. The van der Waals surface area contributed by atoms with E-state index >= 15 is 0 Å². The van der Waals surface area contributed by atoms with Gasteiger partial charge < -0.3 is 4.57 Å². The molecule has 0 aliphatic rings. The van der Waals surface area contributed by atoms with Crippen molar-refractivity contribution in [2.75, 3.05) is 0 Å². The molecule has 0 aliphatic carbocycles. The van der Waals surface area contributed by atoms with Gasteiger partial charge in [-0.2, -0.15) is 9.94 Å². The molecule has 1 atom stereocenters. The zero-order chi connectivity index (χ0) is 13.3. The van der Waals surface area contributed by atoms with Crippen molar-refractivity contribution in [1.29, 1.82) is 0 Å². The standard InChI is InChI=1S/C8H13N7O2S/c1-5(8-10-13-14-11-8)12-18(16,17)7-4-15(3)6(2)9-7/h4-5,12H,1-3H3,(H,10,11,13,14). The van der Waals surface area contributed by atoms with Crippen molar-refractivity contribution in [1.82, 2.24) is 34.9 Å². The first kappa shape index (κ1) is 12.6. The third-order valence-electron chi connectivity index (χ3n) is 2.44. The van der Waals surface area contributed by atoms with Gasteiger partial charge in [-0.1, -0.05) is 5.21 Å². The monoisotopic (exact) mass is 271 g/mol. The van der Waals surface area contributed by atoms with E-state index in [1.165, 1.54) is 6.20 Å². The van der Waals surface area contributed by atoms with E-state index in [1.807, 2.05) is 0 Å². The number of nitrogens with zero attached hydrogens (tertiary/aromatic N) is 5. The predicted octanol–water partition coefficient (Wildman–Crippen LogP) is -0.719. The molecular weight excluding hydrogens is 258 g/mol. The fourth-order valence-corrected chi connectivity index (χ4v) is 2.60. The highest BCUT2D eigenvalue weighted by Gasteiger charge is 2.23. The molecule has 0 spiro atoms. The molecule has 0 bridgehead atoms. The number of H-pyrrole nitrogens is 1. The van der Waals surface area contributed by atoms with E-state index in [0.29, 0.717) is 5.82 Å². The lowest BCUT2D eigenvalue weighted by Gasteiger charge is -2.08. The van der Waals surface area contributed by atoms with Gasteiger partial charge in [-0.25, -0.2) is 13.4 Å². The smallest absolute Gasteiger partial charge is 0.260 e. The fourth-order valence-electron chi connectivity index (χ4n) is 1.35. The van der Waals surface area contributed by atoms with Crippen LogP contribution in [0.3, 0.4) is 0 Å². The number of imidazole rings is 1. The molecule has 1 unspecified atom stereocenters. The molecule has 0 amide bonds. The molecule has 0 aliphatic heterocycles. The molecule has 2 aromatic rings.